The van der Waals surface area contributed by atoms with Gasteiger partial charge in [0.25, 0.3) is 0 Å². The van der Waals surface area contributed by atoms with Gasteiger partial charge < -0.3 is 20.7 Å². The van der Waals surface area contributed by atoms with E-state index in [0.29, 0.717) is 30.4 Å². The van der Waals surface area contributed by atoms with Crippen molar-refractivity contribution >= 4 is 17.3 Å². The van der Waals surface area contributed by atoms with E-state index in [-0.39, 0.29) is 6.01 Å². The zero-order valence-corrected chi connectivity index (χ0v) is 17.9. The predicted molar refractivity (Wildman–Crippen MR) is 117 cm³/mol. The average Bonchev–Trinajstić information content (AvgIpc) is 3.16. The van der Waals surface area contributed by atoms with E-state index < -0.39 is 0 Å². The second-order valence-electron chi connectivity index (χ2n) is 7.99. The number of aryl methyl sites for hydroxylation is 1. The Labute approximate surface area is 176 Å². The molecule has 4 rings (SSSR count). The molecular formula is C21H30N8O. The Morgan fingerprint density at radius 1 is 1.23 bits per heavy atom. The van der Waals surface area contributed by atoms with Gasteiger partial charge in [0.15, 0.2) is 11.5 Å². The van der Waals surface area contributed by atoms with Gasteiger partial charge in [0, 0.05) is 38.8 Å². The SMILES string of the molecule is CCC(C)COc1nc(N)c2ncc(Cc3cnc(N4CCNCC4)c(C)c3)n2n1. The van der Waals surface area contributed by atoms with Crippen molar-refractivity contribution < 1.29 is 4.74 Å². The van der Waals surface area contributed by atoms with Gasteiger partial charge in [0.1, 0.15) is 5.82 Å². The first kappa shape index (κ1) is 20.3. The van der Waals surface area contributed by atoms with Crippen LogP contribution in [0.25, 0.3) is 5.65 Å². The van der Waals surface area contributed by atoms with Crippen LogP contribution in [0.1, 0.15) is 37.1 Å². The van der Waals surface area contributed by atoms with Crippen LogP contribution in [0.3, 0.4) is 0 Å². The summed E-state index contributed by atoms with van der Waals surface area (Å²) in [5.74, 6) is 1.81. The smallest absolute Gasteiger partial charge is 0.336 e. The maximum absolute atomic E-state index is 6.09. The molecule has 4 heterocycles. The number of pyridine rings is 1. The summed E-state index contributed by atoms with van der Waals surface area (Å²) in [6.07, 6.45) is 5.41. The van der Waals surface area contributed by atoms with Gasteiger partial charge in [-0.05, 0) is 24.0 Å². The number of piperazine rings is 1. The first-order valence-corrected chi connectivity index (χ1v) is 10.6. The van der Waals surface area contributed by atoms with Crippen LogP contribution in [0.2, 0.25) is 0 Å². The highest BCUT2D eigenvalue weighted by molar-refractivity contribution is 5.60. The minimum Gasteiger partial charge on any atom is -0.462 e. The Morgan fingerprint density at radius 3 is 2.77 bits per heavy atom. The lowest BCUT2D eigenvalue weighted by molar-refractivity contribution is 0.235. The molecule has 30 heavy (non-hydrogen) atoms. The summed E-state index contributed by atoms with van der Waals surface area (Å²) in [6.45, 7) is 10.9. The molecule has 0 amide bonds. The van der Waals surface area contributed by atoms with Crippen molar-refractivity contribution in [2.24, 2.45) is 5.92 Å². The van der Waals surface area contributed by atoms with Gasteiger partial charge in [-0.25, -0.2) is 14.5 Å². The molecule has 3 aromatic rings. The molecule has 1 saturated heterocycles. The molecule has 1 aliphatic heterocycles. The zero-order chi connectivity index (χ0) is 21.1. The number of fused-ring (bicyclic) bond motifs is 1. The lowest BCUT2D eigenvalue weighted by Crippen LogP contribution is -2.44. The van der Waals surface area contributed by atoms with Crippen molar-refractivity contribution in [3.63, 3.8) is 0 Å². The molecule has 1 atom stereocenters. The summed E-state index contributed by atoms with van der Waals surface area (Å²) < 4.78 is 7.48. The van der Waals surface area contributed by atoms with Crippen molar-refractivity contribution in [3.8, 4) is 6.01 Å². The summed E-state index contributed by atoms with van der Waals surface area (Å²) >= 11 is 0. The van der Waals surface area contributed by atoms with Crippen molar-refractivity contribution in [3.05, 3.63) is 35.3 Å². The number of nitrogen functional groups attached to an aromatic ring is 1. The summed E-state index contributed by atoms with van der Waals surface area (Å²) in [5, 5.41) is 7.89. The van der Waals surface area contributed by atoms with Crippen LogP contribution < -0.4 is 20.7 Å². The second kappa shape index (κ2) is 8.83. The van der Waals surface area contributed by atoms with Crippen LogP contribution in [-0.2, 0) is 6.42 Å². The number of rotatable bonds is 7. The van der Waals surface area contributed by atoms with E-state index >= 15 is 0 Å². The molecule has 0 radical (unpaired) electrons. The average molecular weight is 411 g/mol. The molecule has 1 aliphatic rings. The van der Waals surface area contributed by atoms with Gasteiger partial charge in [0.05, 0.1) is 18.5 Å². The van der Waals surface area contributed by atoms with E-state index in [4.69, 9.17) is 15.5 Å². The van der Waals surface area contributed by atoms with Crippen LogP contribution in [-0.4, -0.2) is 57.4 Å². The molecule has 0 spiro atoms. The summed E-state index contributed by atoms with van der Waals surface area (Å²) in [4.78, 5) is 15.7. The van der Waals surface area contributed by atoms with Gasteiger partial charge in [0.2, 0.25) is 0 Å². The highest BCUT2D eigenvalue weighted by Gasteiger charge is 2.16. The fourth-order valence-electron chi connectivity index (χ4n) is 3.58. The minimum atomic E-state index is 0.280. The molecule has 1 fully saturated rings. The summed E-state index contributed by atoms with van der Waals surface area (Å²) in [5.41, 5.74) is 9.84. The molecule has 1 unspecified atom stereocenters. The molecule has 0 aliphatic carbocycles. The Morgan fingerprint density at radius 2 is 2.03 bits per heavy atom. The van der Waals surface area contributed by atoms with Crippen molar-refractivity contribution in [1.82, 2.24) is 29.9 Å². The summed E-state index contributed by atoms with van der Waals surface area (Å²) in [6, 6.07) is 2.47. The van der Waals surface area contributed by atoms with Crippen molar-refractivity contribution in [2.45, 2.75) is 33.6 Å². The quantitative estimate of drug-likeness (QED) is 0.608. The molecule has 160 valence electrons. The maximum atomic E-state index is 6.09. The number of nitrogens with two attached hydrogens (primary N) is 1. The van der Waals surface area contributed by atoms with Gasteiger partial charge >= 0.3 is 6.01 Å². The fourth-order valence-corrected chi connectivity index (χ4v) is 3.58. The largest absolute Gasteiger partial charge is 0.462 e. The van der Waals surface area contributed by atoms with Gasteiger partial charge in [-0.1, -0.05) is 26.3 Å². The van der Waals surface area contributed by atoms with E-state index in [1.807, 2.05) is 6.20 Å². The van der Waals surface area contributed by atoms with Gasteiger partial charge in [-0.2, -0.15) is 4.98 Å². The number of imidazole rings is 1. The van der Waals surface area contributed by atoms with E-state index in [2.05, 4.69) is 52.1 Å². The van der Waals surface area contributed by atoms with Crippen LogP contribution in [0.5, 0.6) is 6.01 Å². The molecule has 3 N–H and O–H groups in total. The van der Waals surface area contributed by atoms with Gasteiger partial charge in [-0.15, -0.1) is 5.10 Å². The third-order valence-electron chi connectivity index (χ3n) is 5.54. The topological polar surface area (TPSA) is 106 Å². The molecular weight excluding hydrogens is 380 g/mol. The highest BCUT2D eigenvalue weighted by atomic mass is 16.5. The van der Waals surface area contributed by atoms with Gasteiger partial charge in [-0.3, -0.25) is 0 Å². The Bertz CT molecular complexity index is 1010. The van der Waals surface area contributed by atoms with Crippen LogP contribution in [0.15, 0.2) is 18.5 Å². The standard InChI is InChI=1S/C21H30N8O/c1-4-14(2)13-30-21-26-18(22)20-25-12-17(29(20)27-21)10-16-9-15(3)19(24-11-16)28-7-5-23-6-8-28/h9,11-12,14,23H,4-8,10,13H2,1-3H3,(H2,22,26,27). The van der Waals surface area contributed by atoms with E-state index in [1.54, 1.807) is 10.7 Å². The Balaban J connectivity index is 1.56. The fraction of sp³-hybridized carbons (Fsp3) is 0.524. The van der Waals surface area contributed by atoms with Crippen LogP contribution >= 0.6 is 0 Å². The predicted octanol–water partition coefficient (Wildman–Crippen LogP) is 1.84. The molecule has 3 aromatic heterocycles. The Kier molecular flexibility index (Phi) is 5.98. The van der Waals surface area contributed by atoms with Crippen molar-refractivity contribution in [1.29, 1.82) is 0 Å². The lowest BCUT2D eigenvalue weighted by atomic mass is 10.1. The lowest BCUT2D eigenvalue weighted by Gasteiger charge is -2.29. The normalized spacial score (nSPS) is 15.5. The minimum absolute atomic E-state index is 0.280. The number of nitrogens with zero attached hydrogens (tertiary/aromatic N) is 6. The Hall–Kier alpha value is -2.94. The highest BCUT2D eigenvalue weighted by Crippen LogP contribution is 2.21. The zero-order valence-electron chi connectivity index (χ0n) is 17.9. The molecule has 0 bridgehead atoms. The number of hydrogen-bond donors (Lipinski definition) is 2. The molecule has 9 nitrogen and oxygen atoms in total. The van der Waals surface area contributed by atoms with Crippen LogP contribution in [0, 0.1) is 12.8 Å². The number of anilines is 2. The van der Waals surface area contributed by atoms with E-state index in [9.17, 15) is 0 Å². The van der Waals surface area contributed by atoms with Crippen LogP contribution in [0.4, 0.5) is 11.6 Å². The molecule has 9 heteroatoms. The number of hydrogen-bond acceptors (Lipinski definition) is 8. The second-order valence-corrected chi connectivity index (χ2v) is 7.99. The number of nitrogens with one attached hydrogen (secondary N) is 1. The number of ether oxygens (including phenoxy) is 1. The van der Waals surface area contributed by atoms with Crippen molar-refractivity contribution in [2.75, 3.05) is 43.4 Å². The first-order chi connectivity index (χ1) is 14.5. The maximum Gasteiger partial charge on any atom is 0.336 e. The van der Waals surface area contributed by atoms with E-state index in [0.717, 1.165) is 49.7 Å². The third kappa shape index (κ3) is 4.30. The monoisotopic (exact) mass is 410 g/mol. The van der Waals surface area contributed by atoms with E-state index in [1.165, 1.54) is 5.56 Å². The molecule has 0 aromatic carbocycles. The first-order valence-electron chi connectivity index (χ1n) is 10.6. The molecule has 0 saturated carbocycles. The third-order valence-corrected chi connectivity index (χ3v) is 5.54. The number of aromatic nitrogens is 5. The summed E-state index contributed by atoms with van der Waals surface area (Å²) in [7, 11) is 0.